The Morgan fingerprint density at radius 2 is 2.04 bits per heavy atom. The van der Waals surface area contributed by atoms with Gasteiger partial charge in [0.25, 0.3) is 0 Å². The molecule has 1 unspecified atom stereocenters. The lowest BCUT2D eigenvalue weighted by Crippen LogP contribution is -2.18. The van der Waals surface area contributed by atoms with Crippen molar-refractivity contribution < 1.29 is 27.8 Å². The van der Waals surface area contributed by atoms with E-state index in [0.717, 1.165) is 6.26 Å². The van der Waals surface area contributed by atoms with E-state index >= 15 is 0 Å². The average molecular weight is 417 g/mol. The van der Waals surface area contributed by atoms with Gasteiger partial charge in [-0.2, -0.15) is 5.10 Å². The van der Waals surface area contributed by atoms with Crippen molar-refractivity contribution in [3.63, 3.8) is 0 Å². The van der Waals surface area contributed by atoms with Gasteiger partial charge < -0.3 is 14.6 Å². The van der Waals surface area contributed by atoms with Crippen molar-refractivity contribution in [3.05, 3.63) is 35.0 Å². The molecule has 10 heteroatoms. The highest BCUT2D eigenvalue weighted by Crippen LogP contribution is 2.30. The van der Waals surface area contributed by atoms with Crippen LogP contribution in [-0.2, 0) is 21.6 Å². The third-order valence-electron chi connectivity index (χ3n) is 3.81. The number of aryl methyl sites for hydroxylation is 2. The molecule has 27 heavy (non-hydrogen) atoms. The monoisotopic (exact) mass is 416 g/mol. The summed E-state index contributed by atoms with van der Waals surface area (Å²) >= 11 is 6.06. The molecule has 0 radical (unpaired) electrons. The van der Waals surface area contributed by atoms with Crippen molar-refractivity contribution >= 4 is 27.2 Å². The van der Waals surface area contributed by atoms with Crippen LogP contribution in [0.3, 0.4) is 0 Å². The van der Waals surface area contributed by atoms with Crippen LogP contribution in [0.15, 0.2) is 23.1 Å². The molecule has 0 saturated heterocycles. The Hall–Kier alpha value is -2.10. The lowest BCUT2D eigenvalue weighted by Gasteiger charge is -2.14. The highest BCUT2D eigenvalue weighted by molar-refractivity contribution is 7.90. The van der Waals surface area contributed by atoms with Gasteiger partial charge in [-0.05, 0) is 25.1 Å². The van der Waals surface area contributed by atoms with Crippen molar-refractivity contribution in [2.45, 2.75) is 17.2 Å². The van der Waals surface area contributed by atoms with Crippen LogP contribution < -0.4 is 4.74 Å². The average Bonchev–Trinajstić information content (AvgIpc) is 2.84. The van der Waals surface area contributed by atoms with Gasteiger partial charge in [-0.1, -0.05) is 0 Å². The standard InChI is InChI=1S/C17H21ClN2O6S/c1-10-15(17(22)20(2)19-10)16(21)13-6-5-12(27(4,23)24)7-14(13)26-9-11(18)8-25-3/h5-7,11,22H,8-9H2,1-4H3. The molecule has 0 aliphatic heterocycles. The van der Waals surface area contributed by atoms with E-state index in [2.05, 4.69) is 5.10 Å². The van der Waals surface area contributed by atoms with Crippen LogP contribution in [-0.4, -0.2) is 61.0 Å². The Bertz CT molecular complexity index is 955. The molecule has 1 heterocycles. The summed E-state index contributed by atoms with van der Waals surface area (Å²) in [5.41, 5.74) is 0.455. The third-order valence-corrected chi connectivity index (χ3v) is 5.17. The summed E-state index contributed by atoms with van der Waals surface area (Å²) in [5.74, 6) is -0.774. The summed E-state index contributed by atoms with van der Waals surface area (Å²) in [7, 11) is -0.514. The van der Waals surface area contributed by atoms with Crippen LogP contribution in [0.4, 0.5) is 0 Å². The van der Waals surface area contributed by atoms with Gasteiger partial charge >= 0.3 is 0 Å². The number of benzene rings is 1. The number of methoxy groups -OCH3 is 1. The topological polar surface area (TPSA) is 108 Å². The molecule has 0 aliphatic rings. The lowest BCUT2D eigenvalue weighted by molar-refractivity contribution is 0.103. The van der Waals surface area contributed by atoms with E-state index in [1.165, 1.54) is 37.0 Å². The van der Waals surface area contributed by atoms with E-state index in [-0.39, 0.29) is 40.9 Å². The first-order valence-corrected chi connectivity index (χ1v) is 10.3. The zero-order chi connectivity index (χ0) is 20.4. The van der Waals surface area contributed by atoms with Gasteiger partial charge in [-0.25, -0.2) is 13.1 Å². The second-order valence-electron chi connectivity index (χ2n) is 6.03. The van der Waals surface area contributed by atoms with E-state index in [9.17, 15) is 18.3 Å². The molecule has 2 aromatic rings. The number of alkyl halides is 1. The third kappa shape index (κ3) is 4.79. The van der Waals surface area contributed by atoms with Crippen molar-refractivity contribution in [2.75, 3.05) is 26.6 Å². The number of hydrogen-bond donors (Lipinski definition) is 1. The zero-order valence-corrected chi connectivity index (χ0v) is 17.0. The first kappa shape index (κ1) is 21.2. The Morgan fingerprint density at radius 1 is 1.37 bits per heavy atom. The molecule has 2 rings (SSSR count). The zero-order valence-electron chi connectivity index (χ0n) is 15.4. The molecular formula is C17H21ClN2O6S. The fourth-order valence-electron chi connectivity index (χ4n) is 2.50. The SMILES string of the molecule is COCC(Cl)COc1cc(S(C)(=O)=O)ccc1C(=O)c1c(C)nn(C)c1O. The van der Waals surface area contributed by atoms with Gasteiger partial charge in [0.2, 0.25) is 11.7 Å². The van der Waals surface area contributed by atoms with Gasteiger partial charge in [0.15, 0.2) is 9.84 Å². The fraction of sp³-hybridized carbons (Fsp3) is 0.412. The van der Waals surface area contributed by atoms with Crippen LogP contribution in [0.5, 0.6) is 11.6 Å². The number of aromatic nitrogens is 2. The number of carbonyl (C=O) groups is 1. The van der Waals surface area contributed by atoms with Crippen molar-refractivity contribution in [1.29, 1.82) is 0 Å². The van der Waals surface area contributed by atoms with E-state index in [0.29, 0.717) is 5.69 Å². The highest BCUT2D eigenvalue weighted by atomic mass is 35.5. The smallest absolute Gasteiger partial charge is 0.220 e. The molecule has 1 aromatic heterocycles. The number of ketones is 1. The molecular weight excluding hydrogens is 396 g/mol. The maximum Gasteiger partial charge on any atom is 0.220 e. The number of nitrogens with zero attached hydrogens (tertiary/aromatic N) is 2. The Labute approximate surface area is 162 Å². The molecule has 0 spiro atoms. The number of aromatic hydroxyl groups is 1. The number of hydrogen-bond acceptors (Lipinski definition) is 7. The Kier molecular flexibility index (Phi) is 6.50. The molecule has 0 bridgehead atoms. The quantitative estimate of drug-likeness (QED) is 0.515. The van der Waals surface area contributed by atoms with Gasteiger partial charge in [-0.15, -0.1) is 11.6 Å². The molecule has 1 aromatic carbocycles. The molecule has 0 fully saturated rings. The summed E-state index contributed by atoms with van der Waals surface area (Å²) in [6.45, 7) is 1.81. The largest absolute Gasteiger partial charge is 0.493 e. The van der Waals surface area contributed by atoms with Crippen molar-refractivity contribution in [2.24, 2.45) is 7.05 Å². The van der Waals surface area contributed by atoms with Crippen molar-refractivity contribution in [3.8, 4) is 11.6 Å². The summed E-state index contributed by atoms with van der Waals surface area (Å²) < 4.78 is 35.4. The van der Waals surface area contributed by atoms with Crippen LogP contribution in [0.1, 0.15) is 21.6 Å². The minimum atomic E-state index is -3.51. The molecule has 8 nitrogen and oxygen atoms in total. The lowest BCUT2D eigenvalue weighted by atomic mass is 10.0. The van der Waals surface area contributed by atoms with E-state index in [1.54, 1.807) is 6.92 Å². The number of halogens is 1. The minimum absolute atomic E-state index is 0.000885. The normalized spacial score (nSPS) is 12.8. The van der Waals surface area contributed by atoms with Crippen LogP contribution in [0.25, 0.3) is 0 Å². The van der Waals surface area contributed by atoms with Crippen LogP contribution >= 0.6 is 11.6 Å². The van der Waals surface area contributed by atoms with Gasteiger partial charge in [-0.3, -0.25) is 4.79 Å². The summed E-state index contributed by atoms with van der Waals surface area (Å²) in [6.07, 6.45) is 1.06. The second-order valence-corrected chi connectivity index (χ2v) is 8.66. The van der Waals surface area contributed by atoms with Gasteiger partial charge in [0.05, 0.1) is 28.1 Å². The summed E-state index contributed by atoms with van der Waals surface area (Å²) in [6, 6.07) is 3.92. The summed E-state index contributed by atoms with van der Waals surface area (Å²) in [5, 5.41) is 13.6. The minimum Gasteiger partial charge on any atom is -0.493 e. The molecule has 1 atom stereocenters. The van der Waals surface area contributed by atoms with E-state index < -0.39 is 21.0 Å². The first-order valence-electron chi connectivity index (χ1n) is 7.93. The number of carbonyl (C=O) groups excluding carboxylic acids is 1. The van der Waals surface area contributed by atoms with E-state index in [1.807, 2.05) is 0 Å². The number of rotatable bonds is 8. The molecule has 148 valence electrons. The first-order chi connectivity index (χ1) is 12.6. The van der Waals surface area contributed by atoms with Crippen LogP contribution in [0, 0.1) is 6.92 Å². The Balaban J connectivity index is 2.49. The molecule has 0 amide bonds. The molecule has 0 aliphatic carbocycles. The van der Waals surface area contributed by atoms with E-state index in [4.69, 9.17) is 21.1 Å². The predicted octanol–water partition coefficient (Wildman–Crippen LogP) is 1.70. The molecule has 1 N–H and O–H groups in total. The maximum absolute atomic E-state index is 13.0. The molecule has 0 saturated carbocycles. The maximum atomic E-state index is 13.0. The number of ether oxygens (including phenoxy) is 2. The van der Waals surface area contributed by atoms with Gasteiger partial charge in [0.1, 0.15) is 17.9 Å². The van der Waals surface area contributed by atoms with Gasteiger partial charge in [0, 0.05) is 20.4 Å². The van der Waals surface area contributed by atoms with Crippen molar-refractivity contribution in [1.82, 2.24) is 9.78 Å². The highest BCUT2D eigenvalue weighted by Gasteiger charge is 2.25. The van der Waals surface area contributed by atoms with Crippen LogP contribution in [0.2, 0.25) is 0 Å². The second kappa shape index (κ2) is 8.28. The number of sulfone groups is 1. The Morgan fingerprint density at radius 3 is 2.56 bits per heavy atom. The predicted molar refractivity (Wildman–Crippen MR) is 99.6 cm³/mol. The summed E-state index contributed by atoms with van der Waals surface area (Å²) in [4.78, 5) is 13.0. The fourth-order valence-corrected chi connectivity index (χ4v) is 3.32.